The Morgan fingerprint density at radius 2 is 1.54 bits per heavy atom. The predicted molar refractivity (Wildman–Crippen MR) is 102 cm³/mol. The Bertz CT molecular complexity index is 938. The van der Waals surface area contributed by atoms with Crippen LogP contribution in [0.1, 0.15) is 0 Å². The Hall–Kier alpha value is -3.88. The Morgan fingerprint density at radius 1 is 1.00 bits per heavy atom. The molecule has 0 radical (unpaired) electrons. The molecule has 2 aromatic rings. The number of amides is 3. The van der Waals surface area contributed by atoms with Crippen LogP contribution < -0.4 is 25.5 Å². The minimum atomic E-state index is -1.44. The van der Waals surface area contributed by atoms with Gasteiger partial charge in [0.2, 0.25) is 5.91 Å². The van der Waals surface area contributed by atoms with Gasteiger partial charge < -0.3 is 20.6 Å². The van der Waals surface area contributed by atoms with E-state index in [9.17, 15) is 14.4 Å². The first-order chi connectivity index (χ1) is 13.5. The van der Waals surface area contributed by atoms with E-state index in [1.807, 2.05) is 0 Å². The summed E-state index contributed by atoms with van der Waals surface area (Å²) >= 11 is 0. The summed E-state index contributed by atoms with van der Waals surface area (Å²) in [5, 5.41) is 5.99. The lowest BCUT2D eigenvalue weighted by Gasteiger charge is -2.14. The molecule has 9 nitrogen and oxygen atoms in total. The standard InChI is InChI=1S/C19H18N4O5/c1-27-13-7-3-11(4-8-13)21-17(24)15-16(22-20)19(26)23(18(15)25)12-5-9-14(28-2)10-6-12/h3-10,15H,20H2,1-2H3,(H,21,24)/b22-16+/t15-/m1/s1. The van der Waals surface area contributed by atoms with Gasteiger partial charge in [0.15, 0.2) is 5.92 Å². The van der Waals surface area contributed by atoms with E-state index in [-0.39, 0.29) is 11.4 Å². The number of nitrogens with two attached hydrogens (primary N) is 1. The van der Waals surface area contributed by atoms with Crippen LogP contribution in [0.25, 0.3) is 0 Å². The van der Waals surface area contributed by atoms with E-state index in [4.69, 9.17) is 15.3 Å². The van der Waals surface area contributed by atoms with E-state index >= 15 is 0 Å². The van der Waals surface area contributed by atoms with Crippen molar-refractivity contribution >= 4 is 34.8 Å². The maximum atomic E-state index is 12.8. The van der Waals surface area contributed by atoms with Gasteiger partial charge in [-0.25, -0.2) is 4.90 Å². The number of hydrazone groups is 1. The Morgan fingerprint density at radius 3 is 2.04 bits per heavy atom. The van der Waals surface area contributed by atoms with Crippen LogP contribution in [0.4, 0.5) is 11.4 Å². The molecule has 1 fully saturated rings. The van der Waals surface area contributed by atoms with Gasteiger partial charge in [0.05, 0.1) is 19.9 Å². The lowest BCUT2D eigenvalue weighted by atomic mass is 10.1. The Balaban J connectivity index is 1.86. The van der Waals surface area contributed by atoms with Crippen LogP contribution in [0, 0.1) is 5.92 Å². The molecule has 0 bridgehead atoms. The highest BCUT2D eigenvalue weighted by Gasteiger charge is 2.49. The molecule has 3 rings (SSSR count). The largest absolute Gasteiger partial charge is 0.497 e. The van der Waals surface area contributed by atoms with Crippen molar-refractivity contribution in [1.82, 2.24) is 0 Å². The molecule has 2 aromatic carbocycles. The van der Waals surface area contributed by atoms with Crippen molar-refractivity contribution in [2.75, 3.05) is 24.4 Å². The average Bonchev–Trinajstić information content (AvgIpc) is 2.98. The molecular weight excluding hydrogens is 364 g/mol. The molecule has 144 valence electrons. The van der Waals surface area contributed by atoms with Gasteiger partial charge in [-0.05, 0) is 48.5 Å². The van der Waals surface area contributed by atoms with E-state index in [1.165, 1.54) is 26.4 Å². The number of benzene rings is 2. The number of nitrogens with one attached hydrogen (secondary N) is 1. The van der Waals surface area contributed by atoms with Crippen LogP contribution in [0.2, 0.25) is 0 Å². The molecule has 1 atom stereocenters. The van der Waals surface area contributed by atoms with E-state index in [0.29, 0.717) is 17.2 Å². The molecule has 1 heterocycles. The predicted octanol–water partition coefficient (Wildman–Crippen LogP) is 1.15. The van der Waals surface area contributed by atoms with E-state index < -0.39 is 23.6 Å². The summed E-state index contributed by atoms with van der Waals surface area (Å²) in [4.78, 5) is 39.0. The fourth-order valence-corrected chi connectivity index (χ4v) is 2.81. The number of hydrogen-bond donors (Lipinski definition) is 2. The van der Waals surface area contributed by atoms with E-state index in [2.05, 4.69) is 10.4 Å². The Labute approximate surface area is 160 Å². The van der Waals surface area contributed by atoms with Crippen LogP contribution in [0.15, 0.2) is 53.6 Å². The minimum absolute atomic E-state index is 0.289. The first-order valence-corrected chi connectivity index (χ1v) is 8.25. The molecule has 0 aliphatic carbocycles. The lowest BCUT2D eigenvalue weighted by Crippen LogP contribution is -2.34. The summed E-state index contributed by atoms with van der Waals surface area (Å²) in [5.41, 5.74) is 0.397. The molecule has 9 heteroatoms. The van der Waals surface area contributed by atoms with Crippen LogP contribution in [-0.4, -0.2) is 37.7 Å². The third-order valence-electron chi connectivity index (χ3n) is 4.25. The zero-order valence-corrected chi connectivity index (χ0v) is 15.2. The highest BCUT2D eigenvalue weighted by atomic mass is 16.5. The second kappa shape index (κ2) is 7.78. The molecule has 28 heavy (non-hydrogen) atoms. The molecule has 0 unspecified atom stereocenters. The van der Waals surface area contributed by atoms with E-state index in [1.54, 1.807) is 36.4 Å². The topological polar surface area (TPSA) is 123 Å². The SMILES string of the molecule is COc1ccc(NC(=O)[C@@H]2C(=O)N(c3ccc(OC)cc3)C(=O)/C2=N/N)cc1. The number of methoxy groups -OCH3 is 2. The number of carbonyl (C=O) groups is 3. The monoisotopic (exact) mass is 382 g/mol. The quantitative estimate of drug-likeness (QED) is 0.346. The van der Waals surface area contributed by atoms with Gasteiger partial charge in [-0.3, -0.25) is 14.4 Å². The van der Waals surface area contributed by atoms with Gasteiger partial charge in [-0.15, -0.1) is 0 Å². The second-order valence-corrected chi connectivity index (χ2v) is 5.84. The third-order valence-corrected chi connectivity index (χ3v) is 4.25. The average molecular weight is 382 g/mol. The van der Waals surface area contributed by atoms with Crippen LogP contribution in [-0.2, 0) is 14.4 Å². The van der Waals surface area contributed by atoms with Gasteiger partial charge >= 0.3 is 0 Å². The number of hydrogen-bond acceptors (Lipinski definition) is 7. The zero-order chi connectivity index (χ0) is 20.3. The second-order valence-electron chi connectivity index (χ2n) is 5.84. The number of nitrogens with zero attached hydrogens (tertiary/aromatic N) is 2. The summed E-state index contributed by atoms with van der Waals surface area (Å²) in [6.07, 6.45) is 0. The smallest absolute Gasteiger partial charge is 0.282 e. The number of carbonyl (C=O) groups excluding carboxylic acids is 3. The maximum Gasteiger partial charge on any atom is 0.282 e. The van der Waals surface area contributed by atoms with Crippen LogP contribution >= 0.6 is 0 Å². The summed E-state index contributed by atoms with van der Waals surface area (Å²) in [6, 6.07) is 12.8. The minimum Gasteiger partial charge on any atom is -0.497 e. The first-order valence-electron chi connectivity index (χ1n) is 8.25. The van der Waals surface area contributed by atoms with Crippen molar-refractivity contribution in [3.63, 3.8) is 0 Å². The third kappa shape index (κ3) is 3.37. The van der Waals surface area contributed by atoms with Crippen molar-refractivity contribution < 1.29 is 23.9 Å². The number of anilines is 2. The molecule has 3 N–H and O–H groups in total. The van der Waals surface area contributed by atoms with Crippen molar-refractivity contribution in [3.8, 4) is 11.5 Å². The van der Waals surface area contributed by atoms with Gasteiger partial charge in [0.1, 0.15) is 17.2 Å². The van der Waals surface area contributed by atoms with E-state index in [0.717, 1.165) is 4.90 Å². The highest BCUT2D eigenvalue weighted by molar-refractivity contribution is 6.61. The molecule has 0 spiro atoms. The molecule has 3 amide bonds. The summed E-state index contributed by atoms with van der Waals surface area (Å²) < 4.78 is 10.1. The highest BCUT2D eigenvalue weighted by Crippen LogP contribution is 2.28. The molecule has 0 aromatic heterocycles. The number of imide groups is 1. The van der Waals surface area contributed by atoms with Gasteiger partial charge in [-0.1, -0.05) is 0 Å². The fourth-order valence-electron chi connectivity index (χ4n) is 2.81. The number of rotatable bonds is 5. The van der Waals surface area contributed by atoms with Crippen molar-refractivity contribution in [3.05, 3.63) is 48.5 Å². The molecule has 1 saturated heterocycles. The summed E-state index contributed by atoms with van der Waals surface area (Å²) in [6.45, 7) is 0. The van der Waals surface area contributed by atoms with Gasteiger partial charge in [-0.2, -0.15) is 5.10 Å². The van der Waals surface area contributed by atoms with Gasteiger partial charge in [0, 0.05) is 5.69 Å². The van der Waals surface area contributed by atoms with Crippen LogP contribution in [0.3, 0.4) is 0 Å². The lowest BCUT2D eigenvalue weighted by molar-refractivity contribution is -0.127. The molecule has 1 aliphatic heterocycles. The molecular formula is C19H18N4O5. The van der Waals surface area contributed by atoms with Crippen molar-refractivity contribution in [1.29, 1.82) is 0 Å². The summed E-state index contributed by atoms with van der Waals surface area (Å²) in [7, 11) is 3.02. The first kappa shape index (κ1) is 18.9. The maximum absolute atomic E-state index is 12.8. The van der Waals surface area contributed by atoms with Crippen molar-refractivity contribution in [2.45, 2.75) is 0 Å². The Kier molecular flexibility index (Phi) is 5.25. The molecule has 0 saturated carbocycles. The number of ether oxygens (including phenoxy) is 2. The van der Waals surface area contributed by atoms with Crippen LogP contribution in [0.5, 0.6) is 11.5 Å². The summed E-state index contributed by atoms with van der Waals surface area (Å²) in [5.74, 6) is 2.85. The van der Waals surface area contributed by atoms with Crippen molar-refractivity contribution in [2.24, 2.45) is 16.9 Å². The molecule has 1 aliphatic rings. The van der Waals surface area contributed by atoms with Gasteiger partial charge in [0.25, 0.3) is 11.8 Å². The fraction of sp³-hybridized carbons (Fsp3) is 0.158. The zero-order valence-electron chi connectivity index (χ0n) is 15.2. The normalized spacial score (nSPS) is 17.7.